The molecule has 1 amide bonds. The van der Waals surface area contributed by atoms with E-state index in [4.69, 9.17) is 0 Å². The van der Waals surface area contributed by atoms with Gasteiger partial charge in [-0.05, 0) is 70.3 Å². The first-order valence-electron chi connectivity index (χ1n) is 10.5. The van der Waals surface area contributed by atoms with Crippen molar-refractivity contribution in [3.8, 4) is 0 Å². The van der Waals surface area contributed by atoms with Crippen LogP contribution in [-0.2, 0) is 4.79 Å². The van der Waals surface area contributed by atoms with E-state index in [2.05, 4.69) is 39.8 Å². The molecule has 0 saturated heterocycles. The molecule has 5 aliphatic rings. The Kier molecular flexibility index (Phi) is 4.98. The zero-order valence-corrected chi connectivity index (χ0v) is 17.7. The number of rotatable bonds is 5. The number of nitrogens with zero attached hydrogens (tertiary/aromatic N) is 2. The van der Waals surface area contributed by atoms with Crippen LogP contribution in [0.5, 0.6) is 0 Å². The Morgan fingerprint density at radius 2 is 1.64 bits per heavy atom. The summed E-state index contributed by atoms with van der Waals surface area (Å²) in [6.45, 7) is 1.91. The van der Waals surface area contributed by atoms with Crippen molar-refractivity contribution in [3.63, 3.8) is 0 Å². The van der Waals surface area contributed by atoms with Gasteiger partial charge in [0.05, 0.1) is 5.41 Å². The van der Waals surface area contributed by atoms with Gasteiger partial charge in [0.2, 0.25) is 5.91 Å². The third kappa shape index (κ3) is 3.54. The van der Waals surface area contributed by atoms with E-state index < -0.39 is 0 Å². The fraction of sp³-hybridized carbons (Fsp3) is 0.952. The number of alkyl halides is 1. The van der Waals surface area contributed by atoms with Crippen molar-refractivity contribution in [2.45, 2.75) is 81.0 Å². The Morgan fingerprint density at radius 1 is 1.00 bits per heavy atom. The van der Waals surface area contributed by atoms with E-state index in [0.29, 0.717) is 5.91 Å². The predicted molar refractivity (Wildman–Crippen MR) is 106 cm³/mol. The van der Waals surface area contributed by atoms with Gasteiger partial charge in [-0.3, -0.25) is 4.79 Å². The van der Waals surface area contributed by atoms with Gasteiger partial charge in [-0.2, -0.15) is 0 Å². The number of halogens is 1. The smallest absolute Gasteiger partial charge is 0.228 e. The van der Waals surface area contributed by atoms with Gasteiger partial charge < -0.3 is 9.80 Å². The molecule has 4 bridgehead atoms. The lowest BCUT2D eigenvalue weighted by atomic mass is 9.49. The molecular formula is C21H35BrN2O. The van der Waals surface area contributed by atoms with Gasteiger partial charge in [0.15, 0.2) is 0 Å². The summed E-state index contributed by atoms with van der Waals surface area (Å²) < 4.78 is 0.270. The molecule has 2 atom stereocenters. The second-order valence-corrected chi connectivity index (χ2v) is 11.6. The van der Waals surface area contributed by atoms with E-state index in [9.17, 15) is 4.79 Å². The molecule has 25 heavy (non-hydrogen) atoms. The van der Waals surface area contributed by atoms with Crippen molar-refractivity contribution in [3.05, 3.63) is 0 Å². The lowest BCUT2D eigenvalue weighted by Crippen LogP contribution is -2.58. The van der Waals surface area contributed by atoms with E-state index >= 15 is 0 Å². The van der Waals surface area contributed by atoms with Gasteiger partial charge in [0, 0.05) is 30.5 Å². The zero-order valence-electron chi connectivity index (χ0n) is 16.1. The van der Waals surface area contributed by atoms with E-state index in [0.717, 1.165) is 50.2 Å². The van der Waals surface area contributed by atoms with E-state index in [1.165, 1.54) is 51.4 Å². The minimum absolute atomic E-state index is 0.0499. The Balaban J connectivity index is 1.36. The minimum Gasteiger partial charge on any atom is -0.344 e. The van der Waals surface area contributed by atoms with Gasteiger partial charge in [-0.1, -0.05) is 35.2 Å². The van der Waals surface area contributed by atoms with E-state index in [1.807, 2.05) is 0 Å². The predicted octanol–water partition coefficient (Wildman–Crippen LogP) is 4.44. The van der Waals surface area contributed by atoms with E-state index in [1.54, 1.807) is 0 Å². The molecule has 5 saturated carbocycles. The first kappa shape index (κ1) is 18.3. The van der Waals surface area contributed by atoms with Gasteiger partial charge in [0.1, 0.15) is 0 Å². The molecule has 3 nitrogen and oxygen atoms in total. The molecule has 0 aromatic heterocycles. The molecule has 4 heteroatoms. The summed E-state index contributed by atoms with van der Waals surface area (Å²) in [6.07, 6.45) is 14.2. The van der Waals surface area contributed by atoms with Crippen LogP contribution in [0.3, 0.4) is 0 Å². The van der Waals surface area contributed by atoms with Gasteiger partial charge in [-0.25, -0.2) is 0 Å². The molecule has 0 heterocycles. The molecule has 0 aromatic carbocycles. The summed E-state index contributed by atoms with van der Waals surface area (Å²) >= 11 is 4.05. The average molecular weight is 411 g/mol. The number of carbonyl (C=O) groups is 1. The van der Waals surface area contributed by atoms with Crippen molar-refractivity contribution in [1.29, 1.82) is 0 Å². The third-order valence-corrected chi connectivity index (χ3v) is 8.70. The maximum atomic E-state index is 13.4. The maximum absolute atomic E-state index is 13.4. The van der Waals surface area contributed by atoms with Gasteiger partial charge in [0.25, 0.3) is 0 Å². The average Bonchev–Trinajstić information content (AvgIpc) is 2.57. The number of hydrogen-bond acceptors (Lipinski definition) is 2. The highest BCUT2D eigenvalue weighted by Crippen LogP contribution is 2.64. The molecule has 0 unspecified atom stereocenters. The molecule has 5 rings (SSSR count). The summed E-state index contributed by atoms with van der Waals surface area (Å²) in [4.78, 5) is 18.0. The largest absolute Gasteiger partial charge is 0.344 e. The lowest BCUT2D eigenvalue weighted by molar-refractivity contribution is -0.154. The SMILES string of the molecule is CN(CCN(C)C1CCCCC1)C(=O)C12C[C@H]3C[C@@H](CC(Br)(C3)C1)C2. The van der Waals surface area contributed by atoms with Crippen LogP contribution in [0.2, 0.25) is 0 Å². The summed E-state index contributed by atoms with van der Waals surface area (Å²) in [5.41, 5.74) is -0.0499. The Hall–Kier alpha value is -0.0900. The number of carbonyl (C=O) groups excluding carboxylic acids is 1. The number of amides is 1. The molecular weight excluding hydrogens is 376 g/mol. The van der Waals surface area contributed by atoms with Crippen LogP contribution in [-0.4, -0.2) is 53.3 Å². The number of hydrogen-bond donors (Lipinski definition) is 0. The molecule has 0 aromatic rings. The van der Waals surface area contributed by atoms with Gasteiger partial charge in [-0.15, -0.1) is 0 Å². The highest BCUT2D eigenvalue weighted by atomic mass is 79.9. The van der Waals surface area contributed by atoms with E-state index in [-0.39, 0.29) is 9.74 Å². The second kappa shape index (κ2) is 6.82. The first-order valence-corrected chi connectivity index (χ1v) is 11.3. The molecule has 0 aliphatic heterocycles. The van der Waals surface area contributed by atoms with Crippen LogP contribution in [0, 0.1) is 17.3 Å². The topological polar surface area (TPSA) is 23.6 Å². The van der Waals surface area contributed by atoms with Crippen molar-refractivity contribution in [1.82, 2.24) is 9.80 Å². The van der Waals surface area contributed by atoms with Crippen molar-refractivity contribution in [2.24, 2.45) is 17.3 Å². The molecule has 0 spiro atoms. The summed E-state index contributed by atoms with van der Waals surface area (Å²) in [5.74, 6) is 2.01. The fourth-order valence-corrected chi connectivity index (χ4v) is 8.37. The van der Waals surface area contributed by atoms with Gasteiger partial charge >= 0.3 is 0 Å². The fourth-order valence-electron chi connectivity index (χ4n) is 6.92. The Labute approximate surface area is 162 Å². The normalized spacial score (nSPS) is 40.6. The molecule has 5 fully saturated rings. The van der Waals surface area contributed by atoms with Crippen LogP contribution < -0.4 is 0 Å². The number of likely N-dealkylation sites (N-methyl/N-ethyl adjacent to an activating group) is 2. The van der Waals surface area contributed by atoms with Crippen LogP contribution in [0.25, 0.3) is 0 Å². The highest BCUT2D eigenvalue weighted by Gasteiger charge is 2.60. The standard InChI is InChI=1S/C21H35BrN2O/c1-23(18-6-4-3-5-7-18)8-9-24(2)19(25)20-11-16-10-17(12-20)14-21(22,13-16)15-20/h16-18H,3-15H2,1-2H3/t16-,17-,20?,21?/m1/s1. The Morgan fingerprint density at radius 3 is 2.24 bits per heavy atom. The monoisotopic (exact) mass is 410 g/mol. The molecule has 142 valence electrons. The quantitative estimate of drug-likeness (QED) is 0.625. The Bertz CT molecular complexity index is 502. The molecule has 0 N–H and O–H groups in total. The van der Waals surface area contributed by atoms with Crippen LogP contribution >= 0.6 is 15.9 Å². The lowest BCUT2D eigenvalue weighted by Gasteiger charge is -2.60. The molecule has 0 radical (unpaired) electrons. The highest BCUT2D eigenvalue weighted by molar-refractivity contribution is 9.10. The molecule has 5 aliphatic carbocycles. The summed E-state index contributed by atoms with van der Waals surface area (Å²) in [5, 5.41) is 0. The summed E-state index contributed by atoms with van der Waals surface area (Å²) in [6, 6.07) is 0.739. The first-order chi connectivity index (χ1) is 11.9. The van der Waals surface area contributed by atoms with Crippen molar-refractivity contribution >= 4 is 21.8 Å². The zero-order chi connectivity index (χ0) is 17.7. The minimum atomic E-state index is -0.0499. The second-order valence-electron chi connectivity index (χ2n) is 9.89. The van der Waals surface area contributed by atoms with Crippen molar-refractivity contribution in [2.75, 3.05) is 27.2 Å². The third-order valence-electron chi connectivity index (χ3n) is 7.78. The maximum Gasteiger partial charge on any atom is 0.228 e. The van der Waals surface area contributed by atoms with Crippen LogP contribution in [0.4, 0.5) is 0 Å². The van der Waals surface area contributed by atoms with Crippen molar-refractivity contribution < 1.29 is 4.79 Å². The van der Waals surface area contributed by atoms with Crippen LogP contribution in [0.1, 0.15) is 70.6 Å². The van der Waals surface area contributed by atoms with Crippen LogP contribution in [0.15, 0.2) is 0 Å². The summed E-state index contributed by atoms with van der Waals surface area (Å²) in [7, 11) is 4.31.